The van der Waals surface area contributed by atoms with Crippen LogP contribution in [-0.4, -0.2) is 25.1 Å². The normalized spacial score (nSPS) is 22.1. The summed E-state index contributed by atoms with van der Waals surface area (Å²) in [5.74, 6) is 0.0956. The van der Waals surface area contributed by atoms with Gasteiger partial charge < -0.3 is 14.6 Å². The Bertz CT molecular complexity index is 1420. The predicted molar refractivity (Wildman–Crippen MR) is 149 cm³/mol. The van der Waals surface area contributed by atoms with Gasteiger partial charge in [-0.25, -0.2) is 0 Å². The van der Waals surface area contributed by atoms with Crippen LogP contribution in [0.5, 0.6) is 11.5 Å². The van der Waals surface area contributed by atoms with Crippen molar-refractivity contribution in [3.8, 4) is 11.5 Å². The molecule has 0 saturated carbocycles. The summed E-state index contributed by atoms with van der Waals surface area (Å²) in [6, 6.07) is 34.3. The summed E-state index contributed by atoms with van der Waals surface area (Å²) in [4.78, 5) is 15.1. The molecule has 0 aliphatic carbocycles. The van der Waals surface area contributed by atoms with E-state index in [1.165, 1.54) is 11.8 Å². The zero-order valence-electron chi connectivity index (χ0n) is 20.7. The SMILES string of the molecule is COc1cccc([C@]2(O)/C(=C/c3ccccc3)S[C@H](c3ccccc3)[C@H]2C(=O)c2ccccc2OC)c1. The van der Waals surface area contributed by atoms with Crippen molar-refractivity contribution < 1.29 is 19.4 Å². The van der Waals surface area contributed by atoms with Crippen molar-refractivity contribution in [1.29, 1.82) is 0 Å². The number of aliphatic hydroxyl groups is 1. The first-order valence-electron chi connectivity index (χ1n) is 12.1. The number of carbonyl (C=O) groups excluding carboxylic acids is 1. The van der Waals surface area contributed by atoms with Gasteiger partial charge in [-0.1, -0.05) is 84.9 Å². The monoisotopic (exact) mass is 508 g/mol. The number of thioether (sulfide) groups is 1. The van der Waals surface area contributed by atoms with E-state index in [0.29, 0.717) is 27.5 Å². The molecule has 4 aromatic carbocycles. The van der Waals surface area contributed by atoms with Crippen LogP contribution in [0.1, 0.15) is 32.3 Å². The molecule has 186 valence electrons. The molecular formula is C32H28O4S. The van der Waals surface area contributed by atoms with Crippen molar-refractivity contribution in [2.24, 2.45) is 5.92 Å². The molecular weight excluding hydrogens is 480 g/mol. The summed E-state index contributed by atoms with van der Waals surface area (Å²) in [5.41, 5.74) is 1.36. The molecule has 37 heavy (non-hydrogen) atoms. The van der Waals surface area contributed by atoms with E-state index in [1.807, 2.05) is 103 Å². The van der Waals surface area contributed by atoms with E-state index >= 15 is 0 Å². The van der Waals surface area contributed by atoms with E-state index in [1.54, 1.807) is 26.4 Å². The number of hydrogen-bond acceptors (Lipinski definition) is 5. The van der Waals surface area contributed by atoms with Crippen LogP contribution in [0.15, 0.2) is 114 Å². The molecule has 1 aliphatic heterocycles. The van der Waals surface area contributed by atoms with Gasteiger partial charge in [-0.2, -0.15) is 0 Å². The van der Waals surface area contributed by atoms with E-state index < -0.39 is 11.5 Å². The molecule has 4 aromatic rings. The summed E-state index contributed by atoms with van der Waals surface area (Å²) >= 11 is 1.53. The van der Waals surface area contributed by atoms with Crippen LogP contribution >= 0.6 is 11.8 Å². The smallest absolute Gasteiger partial charge is 0.174 e. The first-order valence-corrected chi connectivity index (χ1v) is 13.0. The van der Waals surface area contributed by atoms with Gasteiger partial charge in [-0.05, 0) is 47.0 Å². The predicted octanol–water partition coefficient (Wildman–Crippen LogP) is 6.92. The van der Waals surface area contributed by atoms with Crippen LogP contribution in [-0.2, 0) is 5.60 Å². The van der Waals surface area contributed by atoms with Crippen LogP contribution in [0.25, 0.3) is 6.08 Å². The number of Topliss-reactive ketones (excluding diaryl/α,β-unsaturated/α-hetero) is 1. The number of benzene rings is 4. The molecule has 1 aliphatic rings. The number of ether oxygens (including phenoxy) is 2. The Labute approximate surface area is 221 Å². The van der Waals surface area contributed by atoms with Crippen molar-refractivity contribution in [3.63, 3.8) is 0 Å². The van der Waals surface area contributed by atoms with Crippen LogP contribution in [0.4, 0.5) is 0 Å². The maximum absolute atomic E-state index is 14.4. The summed E-state index contributed by atoms with van der Waals surface area (Å²) in [7, 11) is 3.15. The van der Waals surface area contributed by atoms with Gasteiger partial charge in [0.1, 0.15) is 17.1 Å². The second kappa shape index (κ2) is 10.7. The molecule has 5 rings (SSSR count). The Morgan fingerprint density at radius 1 is 0.838 bits per heavy atom. The molecule has 0 unspecified atom stereocenters. The van der Waals surface area contributed by atoms with Crippen LogP contribution < -0.4 is 9.47 Å². The Balaban J connectivity index is 1.77. The second-order valence-corrected chi connectivity index (χ2v) is 10.1. The molecule has 4 nitrogen and oxygen atoms in total. The fraction of sp³-hybridized carbons (Fsp3) is 0.156. The molecule has 0 spiro atoms. The lowest BCUT2D eigenvalue weighted by molar-refractivity contribution is 0.0262. The number of methoxy groups -OCH3 is 2. The largest absolute Gasteiger partial charge is 0.497 e. The van der Waals surface area contributed by atoms with Crippen molar-refractivity contribution in [1.82, 2.24) is 0 Å². The molecule has 0 radical (unpaired) electrons. The zero-order chi connectivity index (χ0) is 25.8. The van der Waals surface area contributed by atoms with Gasteiger partial charge in [0.25, 0.3) is 0 Å². The average Bonchev–Trinajstić information content (AvgIpc) is 3.26. The van der Waals surface area contributed by atoms with Gasteiger partial charge in [0.05, 0.1) is 25.7 Å². The highest BCUT2D eigenvalue weighted by molar-refractivity contribution is 8.03. The highest BCUT2D eigenvalue weighted by Gasteiger charge is 2.57. The minimum absolute atomic E-state index is 0.180. The lowest BCUT2D eigenvalue weighted by Gasteiger charge is -2.33. The van der Waals surface area contributed by atoms with Crippen molar-refractivity contribution >= 4 is 23.6 Å². The second-order valence-electron chi connectivity index (χ2n) is 8.91. The quantitative estimate of drug-likeness (QED) is 0.275. The Hall–Kier alpha value is -3.80. The summed E-state index contributed by atoms with van der Waals surface area (Å²) < 4.78 is 11.1. The Morgan fingerprint density at radius 3 is 2.22 bits per heavy atom. The highest BCUT2D eigenvalue weighted by Crippen LogP contribution is 2.62. The fourth-order valence-electron chi connectivity index (χ4n) is 4.94. The van der Waals surface area contributed by atoms with Gasteiger partial charge in [-0.3, -0.25) is 4.79 Å². The third-order valence-electron chi connectivity index (χ3n) is 6.77. The molecule has 1 saturated heterocycles. The first kappa shape index (κ1) is 24.9. The van der Waals surface area contributed by atoms with Gasteiger partial charge in [0.2, 0.25) is 0 Å². The topological polar surface area (TPSA) is 55.8 Å². The lowest BCUT2D eigenvalue weighted by atomic mass is 9.73. The number of carbonyl (C=O) groups is 1. The molecule has 3 atom stereocenters. The molecule has 5 heteroatoms. The van der Waals surface area contributed by atoms with E-state index in [9.17, 15) is 9.90 Å². The molecule has 1 fully saturated rings. The third-order valence-corrected chi connectivity index (χ3v) is 8.25. The fourth-order valence-corrected chi connectivity index (χ4v) is 6.59. The third kappa shape index (κ3) is 4.68. The Kier molecular flexibility index (Phi) is 7.17. The maximum Gasteiger partial charge on any atom is 0.174 e. The lowest BCUT2D eigenvalue weighted by Crippen LogP contribution is -2.39. The van der Waals surface area contributed by atoms with Crippen molar-refractivity contribution in [3.05, 3.63) is 136 Å². The zero-order valence-corrected chi connectivity index (χ0v) is 21.5. The Morgan fingerprint density at radius 2 is 1.51 bits per heavy atom. The molecule has 1 heterocycles. The van der Waals surface area contributed by atoms with Gasteiger partial charge in [0, 0.05) is 10.2 Å². The van der Waals surface area contributed by atoms with Crippen LogP contribution in [0.3, 0.4) is 0 Å². The van der Waals surface area contributed by atoms with E-state index in [4.69, 9.17) is 9.47 Å². The van der Waals surface area contributed by atoms with E-state index in [2.05, 4.69) is 0 Å². The van der Waals surface area contributed by atoms with Gasteiger partial charge >= 0.3 is 0 Å². The van der Waals surface area contributed by atoms with Crippen molar-refractivity contribution in [2.45, 2.75) is 10.9 Å². The van der Waals surface area contributed by atoms with Gasteiger partial charge in [0.15, 0.2) is 5.78 Å². The summed E-state index contributed by atoms with van der Waals surface area (Å²) in [6.07, 6.45) is 1.98. The van der Waals surface area contributed by atoms with Gasteiger partial charge in [-0.15, -0.1) is 11.8 Å². The summed E-state index contributed by atoms with van der Waals surface area (Å²) in [6.45, 7) is 0. The first-order chi connectivity index (χ1) is 18.1. The van der Waals surface area contributed by atoms with Crippen LogP contribution in [0, 0.1) is 5.92 Å². The minimum atomic E-state index is -1.60. The number of ketones is 1. The van der Waals surface area contributed by atoms with Crippen molar-refractivity contribution in [2.75, 3.05) is 14.2 Å². The molecule has 1 N–H and O–H groups in total. The number of hydrogen-bond donors (Lipinski definition) is 1. The summed E-state index contributed by atoms with van der Waals surface area (Å²) in [5, 5.41) is 12.5. The number of rotatable bonds is 7. The minimum Gasteiger partial charge on any atom is -0.497 e. The highest BCUT2D eigenvalue weighted by atomic mass is 32.2. The van der Waals surface area contributed by atoms with E-state index in [0.717, 1.165) is 11.1 Å². The average molecular weight is 509 g/mol. The molecule has 0 aromatic heterocycles. The standard InChI is InChI=1S/C32H28O4S/c1-35-25-17-11-16-24(21-25)32(34)28(20-22-12-5-3-6-13-22)37-31(23-14-7-4-8-15-23)29(32)30(33)26-18-9-10-19-27(26)36-2/h3-21,29,31,34H,1-2H3/b28-20-/t29-,31-,32+/m1/s1. The molecule has 0 bridgehead atoms. The van der Waals surface area contributed by atoms with Crippen LogP contribution in [0.2, 0.25) is 0 Å². The maximum atomic E-state index is 14.4. The van der Waals surface area contributed by atoms with E-state index in [-0.39, 0.29) is 11.0 Å². The number of para-hydroxylation sites is 1. The molecule has 0 amide bonds.